The van der Waals surface area contributed by atoms with E-state index in [9.17, 15) is 0 Å². The molecule has 0 unspecified atom stereocenters. The molecule has 3 rings (SSSR count). The second-order valence-electron chi connectivity index (χ2n) is 6.20. The van der Waals surface area contributed by atoms with Crippen LogP contribution in [0.4, 0.5) is 0 Å². The van der Waals surface area contributed by atoms with Gasteiger partial charge in [0.15, 0.2) is 0 Å². The van der Waals surface area contributed by atoms with Crippen LogP contribution in [0.2, 0.25) is 0 Å². The smallest absolute Gasteiger partial charge is 0.150 e. The summed E-state index contributed by atoms with van der Waals surface area (Å²) in [5.41, 5.74) is 1.22. The van der Waals surface area contributed by atoms with Crippen molar-refractivity contribution in [2.24, 2.45) is 7.05 Å². The Morgan fingerprint density at radius 3 is 2.86 bits per heavy atom. The van der Waals surface area contributed by atoms with Crippen LogP contribution in [0.3, 0.4) is 0 Å². The summed E-state index contributed by atoms with van der Waals surface area (Å²) in [7, 11) is 3.77. The predicted molar refractivity (Wildman–Crippen MR) is 82.2 cm³/mol. The summed E-state index contributed by atoms with van der Waals surface area (Å²) in [6, 6.07) is 2.68. The Bertz CT molecular complexity index is 619. The fraction of sp³-hybridized carbons (Fsp3) is 0.667. The summed E-state index contributed by atoms with van der Waals surface area (Å²) in [6.07, 6.45) is 4.80. The Balaban J connectivity index is 1.83. The van der Waals surface area contributed by atoms with Crippen LogP contribution in [0.1, 0.15) is 43.9 Å². The number of methoxy groups -OCH3 is 1. The van der Waals surface area contributed by atoms with Gasteiger partial charge in [-0.15, -0.1) is 10.2 Å². The third-order valence-electron chi connectivity index (χ3n) is 4.35. The van der Waals surface area contributed by atoms with Gasteiger partial charge in [-0.25, -0.2) is 0 Å². The highest BCUT2D eigenvalue weighted by molar-refractivity contribution is 5.07. The van der Waals surface area contributed by atoms with Crippen LogP contribution in [0.25, 0.3) is 0 Å². The average molecular weight is 304 g/mol. The van der Waals surface area contributed by atoms with E-state index in [4.69, 9.17) is 4.74 Å². The fourth-order valence-corrected chi connectivity index (χ4v) is 3.21. The van der Waals surface area contributed by atoms with Gasteiger partial charge < -0.3 is 9.30 Å². The third kappa shape index (κ3) is 2.78. The summed E-state index contributed by atoms with van der Waals surface area (Å²) in [4.78, 5) is 2.41. The van der Waals surface area contributed by atoms with Crippen molar-refractivity contribution in [3.05, 3.63) is 30.1 Å². The Labute approximate surface area is 130 Å². The van der Waals surface area contributed by atoms with Crippen molar-refractivity contribution < 1.29 is 4.74 Å². The Kier molecular flexibility index (Phi) is 4.26. The molecule has 0 amide bonds. The second-order valence-corrected chi connectivity index (χ2v) is 6.20. The van der Waals surface area contributed by atoms with E-state index in [0.717, 1.165) is 25.3 Å². The zero-order chi connectivity index (χ0) is 15.7. The van der Waals surface area contributed by atoms with Crippen LogP contribution in [-0.2, 0) is 18.3 Å². The molecule has 120 valence electrons. The monoisotopic (exact) mass is 304 g/mol. The summed E-state index contributed by atoms with van der Waals surface area (Å²) < 4.78 is 9.66. The molecule has 0 aliphatic carbocycles. The minimum Gasteiger partial charge on any atom is -0.380 e. The number of aromatic nitrogens is 5. The molecule has 0 radical (unpaired) electrons. The predicted octanol–water partition coefficient (Wildman–Crippen LogP) is 1.55. The van der Waals surface area contributed by atoms with Crippen molar-refractivity contribution in [2.75, 3.05) is 13.7 Å². The van der Waals surface area contributed by atoms with Gasteiger partial charge in [-0.1, -0.05) is 0 Å². The molecule has 1 aliphatic heterocycles. The van der Waals surface area contributed by atoms with Crippen molar-refractivity contribution in [3.63, 3.8) is 0 Å². The second kappa shape index (κ2) is 6.18. The van der Waals surface area contributed by atoms with Crippen LogP contribution in [0.15, 0.2) is 18.6 Å². The molecule has 1 fully saturated rings. The van der Waals surface area contributed by atoms with Gasteiger partial charge in [0.05, 0.1) is 17.8 Å². The van der Waals surface area contributed by atoms with Crippen LogP contribution in [-0.4, -0.2) is 49.2 Å². The molecule has 2 atom stereocenters. The zero-order valence-electron chi connectivity index (χ0n) is 13.7. The maximum Gasteiger partial charge on any atom is 0.150 e. The van der Waals surface area contributed by atoms with Gasteiger partial charge in [0, 0.05) is 39.5 Å². The van der Waals surface area contributed by atoms with E-state index in [2.05, 4.69) is 44.8 Å². The lowest BCUT2D eigenvalue weighted by Crippen LogP contribution is -2.27. The topological polar surface area (TPSA) is 61.0 Å². The van der Waals surface area contributed by atoms with E-state index in [1.807, 2.05) is 17.8 Å². The van der Waals surface area contributed by atoms with E-state index >= 15 is 0 Å². The van der Waals surface area contributed by atoms with Crippen molar-refractivity contribution in [2.45, 2.75) is 45.0 Å². The normalized spacial score (nSPS) is 22.8. The minimum atomic E-state index is 0.230. The van der Waals surface area contributed by atoms with Crippen molar-refractivity contribution in [3.8, 4) is 0 Å². The number of aryl methyl sites for hydroxylation is 1. The first-order valence-electron chi connectivity index (χ1n) is 7.73. The Morgan fingerprint density at radius 2 is 2.23 bits per heavy atom. The average Bonchev–Trinajstić information content (AvgIpc) is 3.18. The van der Waals surface area contributed by atoms with Crippen LogP contribution < -0.4 is 0 Å². The number of hydrogen-bond acceptors (Lipinski definition) is 5. The highest BCUT2D eigenvalue weighted by Crippen LogP contribution is 2.33. The minimum absolute atomic E-state index is 0.230. The van der Waals surface area contributed by atoms with Crippen molar-refractivity contribution >= 4 is 0 Å². The molecule has 7 nitrogen and oxygen atoms in total. The SMILES string of the molecule is CO[C@@H]1C[C@@H](c2nncn2C)N(Cc2ccnn2C(C)C)C1. The standard InChI is InChI=1S/C15H24N6O/c1-11(2)21-12(5-6-17-21)8-20-9-13(22-4)7-14(20)15-18-16-10-19(15)3/h5-6,10-11,13-14H,7-9H2,1-4H3/t13-,14+/m1/s1. The lowest BCUT2D eigenvalue weighted by Gasteiger charge is -2.24. The summed E-state index contributed by atoms with van der Waals surface area (Å²) >= 11 is 0. The Morgan fingerprint density at radius 1 is 1.41 bits per heavy atom. The molecule has 2 aromatic heterocycles. The molecule has 0 saturated carbocycles. The fourth-order valence-electron chi connectivity index (χ4n) is 3.21. The van der Waals surface area contributed by atoms with Gasteiger partial charge in [0.25, 0.3) is 0 Å². The van der Waals surface area contributed by atoms with Crippen LogP contribution in [0.5, 0.6) is 0 Å². The van der Waals surface area contributed by atoms with Gasteiger partial charge >= 0.3 is 0 Å². The molecule has 0 spiro atoms. The molecular weight excluding hydrogens is 280 g/mol. The number of ether oxygens (including phenoxy) is 1. The quantitative estimate of drug-likeness (QED) is 0.839. The summed E-state index contributed by atoms with van der Waals surface area (Å²) in [5.74, 6) is 0.996. The lowest BCUT2D eigenvalue weighted by molar-refractivity contribution is 0.107. The molecular formula is C15H24N6O. The Hall–Kier alpha value is -1.73. The van der Waals surface area contributed by atoms with E-state index in [1.54, 1.807) is 13.4 Å². The van der Waals surface area contributed by atoms with Gasteiger partial charge in [-0.05, 0) is 26.3 Å². The first-order valence-corrected chi connectivity index (χ1v) is 7.73. The molecule has 3 heterocycles. The first kappa shape index (κ1) is 15.2. The van der Waals surface area contributed by atoms with Crippen molar-refractivity contribution in [1.29, 1.82) is 0 Å². The molecule has 0 N–H and O–H groups in total. The van der Waals surface area contributed by atoms with Crippen molar-refractivity contribution in [1.82, 2.24) is 29.4 Å². The summed E-state index contributed by atoms with van der Waals surface area (Å²) in [6.45, 7) is 6.05. The maximum atomic E-state index is 5.58. The summed E-state index contributed by atoms with van der Waals surface area (Å²) in [5, 5.41) is 12.7. The van der Waals surface area contributed by atoms with E-state index in [0.29, 0.717) is 6.04 Å². The van der Waals surface area contributed by atoms with E-state index < -0.39 is 0 Å². The number of hydrogen-bond donors (Lipinski definition) is 0. The largest absolute Gasteiger partial charge is 0.380 e. The lowest BCUT2D eigenvalue weighted by atomic mass is 10.2. The highest BCUT2D eigenvalue weighted by atomic mass is 16.5. The molecule has 22 heavy (non-hydrogen) atoms. The number of rotatable bonds is 5. The van der Waals surface area contributed by atoms with Gasteiger partial charge in [-0.2, -0.15) is 5.10 Å². The van der Waals surface area contributed by atoms with Gasteiger partial charge in [-0.3, -0.25) is 9.58 Å². The van der Waals surface area contributed by atoms with Crippen LogP contribution >= 0.6 is 0 Å². The molecule has 0 aromatic carbocycles. The maximum absolute atomic E-state index is 5.58. The third-order valence-corrected chi connectivity index (χ3v) is 4.35. The number of likely N-dealkylation sites (tertiary alicyclic amines) is 1. The molecule has 1 aliphatic rings. The van der Waals surface area contributed by atoms with E-state index in [-0.39, 0.29) is 12.1 Å². The zero-order valence-corrected chi connectivity index (χ0v) is 13.7. The van der Waals surface area contributed by atoms with Crippen LogP contribution in [0, 0.1) is 0 Å². The highest BCUT2D eigenvalue weighted by Gasteiger charge is 2.36. The molecule has 2 aromatic rings. The van der Waals surface area contributed by atoms with Gasteiger partial charge in [0.1, 0.15) is 12.2 Å². The van der Waals surface area contributed by atoms with E-state index in [1.165, 1.54) is 5.69 Å². The number of nitrogens with zero attached hydrogens (tertiary/aromatic N) is 6. The molecule has 1 saturated heterocycles. The first-order chi connectivity index (χ1) is 10.6. The molecule has 7 heteroatoms. The van der Waals surface area contributed by atoms with Gasteiger partial charge in [0.2, 0.25) is 0 Å². The molecule has 0 bridgehead atoms.